The lowest BCUT2D eigenvalue weighted by molar-refractivity contribution is -0.0475. The van der Waals surface area contributed by atoms with Crippen molar-refractivity contribution in [3.8, 4) is 0 Å². The largest absolute Gasteiger partial charge is 0.390 e. The van der Waals surface area contributed by atoms with Crippen molar-refractivity contribution >= 4 is 16.9 Å². The van der Waals surface area contributed by atoms with Gasteiger partial charge < -0.3 is 15.2 Å². The molecule has 1 aliphatic heterocycles. The van der Waals surface area contributed by atoms with Gasteiger partial charge in [0.2, 0.25) is 5.95 Å². The van der Waals surface area contributed by atoms with Crippen molar-refractivity contribution in [1.29, 1.82) is 0 Å². The van der Waals surface area contributed by atoms with Crippen LogP contribution in [0.15, 0.2) is 24.4 Å². The van der Waals surface area contributed by atoms with Crippen LogP contribution in [0.3, 0.4) is 0 Å². The summed E-state index contributed by atoms with van der Waals surface area (Å²) in [6, 6.07) is 6.66. The summed E-state index contributed by atoms with van der Waals surface area (Å²) in [5.74, 6) is 1.48. The van der Waals surface area contributed by atoms with E-state index in [1.54, 1.807) is 0 Å². The standard InChI is InChI=1S/C14H17N3O.C9H18O.H2/c1-10-2-3-13-11(8-10)9-15-14(17-13)16-12-4-6-18-7-5-12;1-8(2,7-5-6-7)9(3,4)10;/h2-3,8-9,12H,4-7H2,1H3,(H,15,16,17);7,10H,5-6H2,1-4H3;1H. The minimum atomic E-state index is -0.520. The van der Waals surface area contributed by atoms with E-state index < -0.39 is 5.60 Å². The van der Waals surface area contributed by atoms with Crippen molar-refractivity contribution < 1.29 is 11.3 Å². The topological polar surface area (TPSA) is 67.3 Å². The van der Waals surface area contributed by atoms with Crippen LogP contribution in [0.1, 0.15) is 60.4 Å². The molecule has 5 nitrogen and oxygen atoms in total. The van der Waals surface area contributed by atoms with Gasteiger partial charge in [0, 0.05) is 32.3 Å². The van der Waals surface area contributed by atoms with Crippen LogP contribution in [0, 0.1) is 18.3 Å². The Morgan fingerprint density at radius 3 is 2.36 bits per heavy atom. The quantitative estimate of drug-likeness (QED) is 0.775. The second kappa shape index (κ2) is 8.34. The zero-order valence-corrected chi connectivity index (χ0v) is 18.0. The highest BCUT2D eigenvalue weighted by atomic mass is 16.5. The molecule has 2 N–H and O–H groups in total. The minimum absolute atomic E-state index is 0. The highest BCUT2D eigenvalue weighted by Crippen LogP contribution is 2.50. The van der Waals surface area contributed by atoms with Crippen molar-refractivity contribution in [1.82, 2.24) is 9.97 Å². The molecule has 156 valence electrons. The number of benzene rings is 1. The van der Waals surface area contributed by atoms with Crippen LogP contribution in [-0.4, -0.2) is 39.9 Å². The lowest BCUT2D eigenvalue weighted by atomic mass is 9.73. The summed E-state index contributed by atoms with van der Waals surface area (Å²) < 4.78 is 5.34. The van der Waals surface area contributed by atoms with Crippen LogP contribution in [0.4, 0.5) is 5.95 Å². The molecule has 0 atom stereocenters. The lowest BCUT2D eigenvalue weighted by Gasteiger charge is -2.37. The number of aryl methyl sites for hydroxylation is 1. The third kappa shape index (κ3) is 5.21. The summed E-state index contributed by atoms with van der Waals surface area (Å²) in [4.78, 5) is 8.93. The molecule has 1 aromatic carbocycles. The summed E-state index contributed by atoms with van der Waals surface area (Å²) in [6.45, 7) is 11.9. The number of fused-ring (bicyclic) bond motifs is 1. The van der Waals surface area contributed by atoms with E-state index in [0.29, 0.717) is 6.04 Å². The van der Waals surface area contributed by atoms with Crippen LogP contribution >= 0.6 is 0 Å². The van der Waals surface area contributed by atoms with Gasteiger partial charge in [0.1, 0.15) is 0 Å². The molecule has 2 aromatic rings. The van der Waals surface area contributed by atoms with Crippen LogP contribution in [0.2, 0.25) is 0 Å². The van der Waals surface area contributed by atoms with Gasteiger partial charge in [-0.1, -0.05) is 25.5 Å². The average Bonchev–Trinajstić information content (AvgIpc) is 3.48. The predicted molar refractivity (Wildman–Crippen MR) is 117 cm³/mol. The summed E-state index contributed by atoms with van der Waals surface area (Å²) in [7, 11) is 0. The molecule has 0 spiro atoms. The highest BCUT2D eigenvalue weighted by molar-refractivity contribution is 5.79. The highest BCUT2D eigenvalue weighted by Gasteiger charge is 2.46. The molecule has 1 saturated heterocycles. The number of anilines is 1. The third-order valence-corrected chi connectivity index (χ3v) is 6.46. The molecule has 2 fully saturated rings. The fourth-order valence-electron chi connectivity index (χ4n) is 3.55. The van der Waals surface area contributed by atoms with Crippen LogP contribution in [0.5, 0.6) is 0 Å². The van der Waals surface area contributed by atoms with Crippen LogP contribution < -0.4 is 5.32 Å². The molecular formula is C23H37N3O2. The molecule has 28 heavy (non-hydrogen) atoms. The normalized spacial score (nSPS) is 18.5. The van der Waals surface area contributed by atoms with Crippen molar-refractivity contribution in [3.63, 3.8) is 0 Å². The zero-order chi connectivity index (χ0) is 20.4. The maximum atomic E-state index is 9.76. The number of rotatable bonds is 4. The second-order valence-electron chi connectivity index (χ2n) is 9.34. The molecule has 0 unspecified atom stereocenters. The van der Waals surface area contributed by atoms with E-state index in [2.05, 4.69) is 48.2 Å². The maximum absolute atomic E-state index is 9.76. The molecule has 0 amide bonds. The van der Waals surface area contributed by atoms with Crippen molar-refractivity contribution in [2.45, 2.75) is 71.9 Å². The van der Waals surface area contributed by atoms with Crippen LogP contribution in [0.25, 0.3) is 10.9 Å². The fraction of sp³-hybridized carbons (Fsp3) is 0.652. The Morgan fingerprint density at radius 1 is 1.11 bits per heavy atom. The van der Waals surface area contributed by atoms with Crippen molar-refractivity contribution in [2.24, 2.45) is 11.3 Å². The van der Waals surface area contributed by atoms with E-state index in [0.717, 1.165) is 48.8 Å². The second-order valence-corrected chi connectivity index (χ2v) is 9.34. The number of ether oxygens (including phenoxy) is 1. The van der Waals surface area contributed by atoms with Crippen molar-refractivity contribution in [3.05, 3.63) is 30.0 Å². The van der Waals surface area contributed by atoms with Gasteiger partial charge in [-0.25, -0.2) is 9.97 Å². The maximum Gasteiger partial charge on any atom is 0.223 e. The van der Waals surface area contributed by atoms with E-state index in [1.807, 2.05) is 26.1 Å². The van der Waals surface area contributed by atoms with E-state index >= 15 is 0 Å². The summed E-state index contributed by atoms with van der Waals surface area (Å²) in [5.41, 5.74) is 1.81. The molecule has 5 heteroatoms. The first kappa shape index (κ1) is 21.0. The lowest BCUT2D eigenvalue weighted by Crippen LogP contribution is -2.40. The number of aliphatic hydroxyl groups is 1. The SMILES string of the molecule is CC(C)(O)C(C)(C)C1CC1.Cc1ccc2nc(NC3CCOCC3)ncc2c1.[HH]. The van der Waals surface area contributed by atoms with Gasteiger partial charge in [-0.15, -0.1) is 0 Å². The smallest absolute Gasteiger partial charge is 0.223 e. The van der Waals surface area contributed by atoms with Gasteiger partial charge in [0.05, 0.1) is 11.1 Å². The Hall–Kier alpha value is -1.72. The Kier molecular flexibility index (Phi) is 6.25. The molecule has 2 aliphatic rings. The molecule has 1 saturated carbocycles. The van der Waals surface area contributed by atoms with E-state index in [1.165, 1.54) is 18.4 Å². The minimum Gasteiger partial charge on any atom is -0.390 e. The van der Waals surface area contributed by atoms with Crippen LogP contribution in [-0.2, 0) is 4.74 Å². The van der Waals surface area contributed by atoms with Gasteiger partial charge >= 0.3 is 0 Å². The number of aromatic nitrogens is 2. The number of hydrogen-bond donors (Lipinski definition) is 2. The number of hydrogen-bond acceptors (Lipinski definition) is 5. The molecule has 1 aliphatic carbocycles. The van der Waals surface area contributed by atoms with E-state index in [9.17, 15) is 5.11 Å². The first-order valence-electron chi connectivity index (χ1n) is 10.5. The van der Waals surface area contributed by atoms with Gasteiger partial charge in [-0.3, -0.25) is 0 Å². The fourth-order valence-corrected chi connectivity index (χ4v) is 3.55. The summed E-state index contributed by atoms with van der Waals surface area (Å²) in [6.07, 6.45) is 6.54. The molecule has 2 heterocycles. The monoisotopic (exact) mass is 387 g/mol. The van der Waals surface area contributed by atoms with E-state index in [4.69, 9.17) is 4.74 Å². The predicted octanol–water partition coefficient (Wildman–Crippen LogP) is 4.97. The van der Waals surface area contributed by atoms with Gasteiger partial charge in [0.15, 0.2) is 0 Å². The summed E-state index contributed by atoms with van der Waals surface area (Å²) in [5, 5.41) is 14.2. The molecule has 4 rings (SSSR count). The average molecular weight is 388 g/mol. The Morgan fingerprint density at radius 2 is 1.79 bits per heavy atom. The first-order chi connectivity index (χ1) is 13.2. The third-order valence-electron chi connectivity index (χ3n) is 6.46. The van der Waals surface area contributed by atoms with Gasteiger partial charge in [-0.2, -0.15) is 0 Å². The van der Waals surface area contributed by atoms with Crippen molar-refractivity contribution in [2.75, 3.05) is 18.5 Å². The number of nitrogens with zero attached hydrogens (tertiary/aromatic N) is 2. The molecule has 0 radical (unpaired) electrons. The zero-order valence-electron chi connectivity index (χ0n) is 18.0. The first-order valence-corrected chi connectivity index (χ1v) is 10.5. The Balaban J connectivity index is 0.000000234. The Labute approximate surface area is 170 Å². The molecular weight excluding hydrogens is 350 g/mol. The van der Waals surface area contributed by atoms with Gasteiger partial charge in [-0.05, 0) is 69.9 Å². The van der Waals surface area contributed by atoms with Gasteiger partial charge in [0.25, 0.3) is 0 Å². The Bertz CT molecular complexity index is 794. The van der Waals surface area contributed by atoms with E-state index in [-0.39, 0.29) is 6.84 Å². The molecule has 1 aromatic heterocycles. The summed E-state index contributed by atoms with van der Waals surface area (Å²) >= 11 is 0. The molecule has 0 bridgehead atoms. The number of nitrogens with one attached hydrogen (secondary N) is 1.